The van der Waals surface area contributed by atoms with Gasteiger partial charge in [0, 0.05) is 32.8 Å². The second-order valence-corrected chi connectivity index (χ2v) is 8.73. The van der Waals surface area contributed by atoms with Crippen LogP contribution >= 0.6 is 0 Å². The minimum Gasteiger partial charge on any atom is -0.392 e. The molecule has 6 nitrogen and oxygen atoms in total. The molecule has 144 valence electrons. The first-order valence-corrected chi connectivity index (χ1v) is 10.5. The molecule has 1 fully saturated rings. The average molecular weight is 381 g/mol. The lowest BCUT2D eigenvalue weighted by Crippen LogP contribution is -2.31. The number of benzene rings is 1. The van der Waals surface area contributed by atoms with Crippen LogP contribution in [0.3, 0.4) is 0 Å². The lowest BCUT2D eigenvalue weighted by Gasteiger charge is -2.20. The Morgan fingerprint density at radius 1 is 1.19 bits per heavy atom. The molecule has 0 saturated carbocycles. The quantitative estimate of drug-likeness (QED) is 0.767. The molecule has 1 N–H and O–H groups in total. The molecule has 1 aliphatic rings. The van der Waals surface area contributed by atoms with Crippen LogP contribution in [0.25, 0.3) is 6.08 Å². The largest absolute Gasteiger partial charge is 0.392 e. The minimum atomic E-state index is -3.45. The second-order valence-electron chi connectivity index (χ2n) is 6.79. The fourth-order valence-corrected chi connectivity index (χ4v) is 4.48. The molecular weight excluding hydrogens is 352 g/mol. The van der Waals surface area contributed by atoms with Gasteiger partial charge in [0.05, 0.1) is 11.0 Å². The van der Waals surface area contributed by atoms with Crippen molar-refractivity contribution in [3.63, 3.8) is 0 Å². The van der Waals surface area contributed by atoms with Gasteiger partial charge in [0.2, 0.25) is 15.9 Å². The van der Waals surface area contributed by atoms with E-state index in [-0.39, 0.29) is 17.3 Å². The summed E-state index contributed by atoms with van der Waals surface area (Å²) in [5.41, 5.74) is 0.749. The van der Waals surface area contributed by atoms with E-state index in [0.29, 0.717) is 13.1 Å². The van der Waals surface area contributed by atoms with Crippen molar-refractivity contribution >= 4 is 22.0 Å². The molecule has 7 heteroatoms. The molecule has 1 atom stereocenters. The van der Waals surface area contributed by atoms with E-state index in [1.807, 2.05) is 0 Å². The fourth-order valence-electron chi connectivity index (χ4n) is 2.96. The van der Waals surface area contributed by atoms with Crippen LogP contribution in [0, 0.1) is 0 Å². The average Bonchev–Trinajstić information content (AvgIpc) is 2.89. The summed E-state index contributed by atoms with van der Waals surface area (Å²) in [5.74, 6) is -0.216. The van der Waals surface area contributed by atoms with Gasteiger partial charge in [-0.25, -0.2) is 8.42 Å². The topological polar surface area (TPSA) is 77.9 Å². The molecule has 1 aromatic rings. The second kappa shape index (κ2) is 9.30. The minimum absolute atomic E-state index is 0.216. The Kier molecular flexibility index (Phi) is 7.37. The van der Waals surface area contributed by atoms with Crippen molar-refractivity contribution in [1.29, 1.82) is 0 Å². The molecule has 1 heterocycles. The van der Waals surface area contributed by atoms with Crippen LogP contribution in [0.4, 0.5) is 0 Å². The van der Waals surface area contributed by atoms with Crippen molar-refractivity contribution in [2.24, 2.45) is 0 Å². The smallest absolute Gasteiger partial charge is 0.246 e. The van der Waals surface area contributed by atoms with Gasteiger partial charge in [0.25, 0.3) is 0 Å². The van der Waals surface area contributed by atoms with E-state index in [2.05, 4.69) is 0 Å². The standard InChI is InChI=1S/C19H28N2O4S/c1-16(22)15-20(2)19(23)12-9-17-7-10-18(11-8-17)26(24,25)21-13-5-3-4-6-14-21/h7-12,16,22H,3-6,13-15H2,1-2H3/b12-9-/t16-/m1/s1. The van der Waals surface area contributed by atoms with Crippen LogP contribution in [0.1, 0.15) is 38.2 Å². The van der Waals surface area contributed by atoms with Gasteiger partial charge in [-0.2, -0.15) is 4.31 Å². The zero-order chi connectivity index (χ0) is 19.2. The molecule has 26 heavy (non-hydrogen) atoms. The lowest BCUT2D eigenvalue weighted by atomic mass is 10.2. The summed E-state index contributed by atoms with van der Waals surface area (Å²) in [6.45, 7) is 3.04. The Bertz CT molecular complexity index is 718. The number of aliphatic hydroxyl groups is 1. The predicted molar refractivity (Wildman–Crippen MR) is 102 cm³/mol. The van der Waals surface area contributed by atoms with Gasteiger partial charge in [0.1, 0.15) is 0 Å². The van der Waals surface area contributed by atoms with E-state index in [1.54, 1.807) is 48.6 Å². The number of nitrogens with zero attached hydrogens (tertiary/aromatic N) is 2. The maximum Gasteiger partial charge on any atom is 0.246 e. The van der Waals surface area contributed by atoms with Crippen molar-refractivity contribution in [3.8, 4) is 0 Å². The summed E-state index contributed by atoms with van der Waals surface area (Å²) in [5, 5.41) is 9.31. The number of hydrogen-bond donors (Lipinski definition) is 1. The third-order valence-electron chi connectivity index (χ3n) is 4.42. The van der Waals surface area contributed by atoms with Crippen molar-refractivity contribution in [3.05, 3.63) is 35.9 Å². The maximum absolute atomic E-state index is 12.7. The zero-order valence-electron chi connectivity index (χ0n) is 15.5. The molecule has 1 amide bonds. The van der Waals surface area contributed by atoms with Crippen LogP contribution in [0.15, 0.2) is 35.2 Å². The highest BCUT2D eigenvalue weighted by Gasteiger charge is 2.24. The van der Waals surface area contributed by atoms with E-state index < -0.39 is 16.1 Å². The van der Waals surface area contributed by atoms with Gasteiger partial charge in [-0.15, -0.1) is 0 Å². The predicted octanol–water partition coefficient (Wildman–Crippen LogP) is 2.10. The molecule has 0 bridgehead atoms. The first kappa shape index (κ1) is 20.6. The highest BCUT2D eigenvalue weighted by Crippen LogP contribution is 2.21. The number of aliphatic hydroxyl groups excluding tert-OH is 1. The van der Waals surface area contributed by atoms with Gasteiger partial charge in [-0.1, -0.05) is 25.0 Å². The first-order valence-electron chi connectivity index (χ1n) is 9.02. The molecule has 0 aromatic heterocycles. The summed E-state index contributed by atoms with van der Waals surface area (Å²) < 4.78 is 27.0. The van der Waals surface area contributed by atoms with Gasteiger partial charge < -0.3 is 10.0 Å². The van der Waals surface area contributed by atoms with Crippen molar-refractivity contribution in [2.75, 3.05) is 26.7 Å². The molecule has 0 unspecified atom stereocenters. The monoisotopic (exact) mass is 380 g/mol. The Hall–Kier alpha value is -1.70. The Balaban J connectivity index is 2.05. The third kappa shape index (κ3) is 5.65. The van der Waals surface area contributed by atoms with E-state index in [4.69, 9.17) is 0 Å². The number of rotatable bonds is 6. The first-order chi connectivity index (χ1) is 12.3. The molecule has 0 radical (unpaired) electrons. The number of sulfonamides is 1. The molecule has 0 aliphatic carbocycles. The number of amides is 1. The van der Waals surface area contributed by atoms with Crippen LogP contribution in [0.2, 0.25) is 0 Å². The van der Waals surface area contributed by atoms with Crippen molar-refractivity contribution < 1.29 is 18.3 Å². The van der Waals surface area contributed by atoms with E-state index in [0.717, 1.165) is 31.2 Å². The van der Waals surface area contributed by atoms with Crippen molar-refractivity contribution in [1.82, 2.24) is 9.21 Å². The lowest BCUT2D eigenvalue weighted by molar-refractivity contribution is -0.125. The SMILES string of the molecule is C[C@@H](O)CN(C)C(=O)/C=C\c1ccc(S(=O)(=O)N2CCCCCC2)cc1. The van der Waals surface area contributed by atoms with Gasteiger partial charge in [0.15, 0.2) is 0 Å². The van der Waals surface area contributed by atoms with Crippen LogP contribution in [0.5, 0.6) is 0 Å². The van der Waals surface area contributed by atoms with Gasteiger partial charge in [-0.05, 0) is 43.5 Å². The molecular formula is C19H28N2O4S. The van der Waals surface area contributed by atoms with E-state index >= 15 is 0 Å². The summed E-state index contributed by atoms with van der Waals surface area (Å²) in [6.07, 6.45) is 6.44. The molecule has 2 rings (SSSR count). The summed E-state index contributed by atoms with van der Waals surface area (Å²) >= 11 is 0. The van der Waals surface area contributed by atoms with E-state index in [1.165, 1.54) is 11.0 Å². The summed E-state index contributed by atoms with van der Waals surface area (Å²) in [4.78, 5) is 13.7. The Morgan fingerprint density at radius 3 is 2.31 bits per heavy atom. The zero-order valence-corrected chi connectivity index (χ0v) is 16.3. The normalized spacial score (nSPS) is 17.8. The third-order valence-corrected chi connectivity index (χ3v) is 6.33. The Morgan fingerprint density at radius 2 is 1.77 bits per heavy atom. The van der Waals surface area contributed by atoms with Crippen molar-refractivity contribution in [2.45, 2.75) is 43.6 Å². The summed E-state index contributed by atoms with van der Waals surface area (Å²) in [7, 11) is -1.83. The number of carbonyl (C=O) groups is 1. The molecule has 1 aliphatic heterocycles. The number of hydrogen-bond acceptors (Lipinski definition) is 4. The van der Waals surface area contributed by atoms with Crippen LogP contribution in [-0.4, -0.2) is 61.4 Å². The van der Waals surface area contributed by atoms with Gasteiger partial charge in [-0.3, -0.25) is 4.79 Å². The molecule has 1 saturated heterocycles. The highest BCUT2D eigenvalue weighted by atomic mass is 32.2. The van der Waals surface area contributed by atoms with Gasteiger partial charge >= 0.3 is 0 Å². The number of likely N-dealkylation sites (N-methyl/N-ethyl adjacent to an activating group) is 1. The number of carbonyl (C=O) groups excluding carboxylic acids is 1. The van der Waals surface area contributed by atoms with Crippen LogP contribution < -0.4 is 0 Å². The van der Waals surface area contributed by atoms with Crippen LogP contribution in [-0.2, 0) is 14.8 Å². The van der Waals surface area contributed by atoms with E-state index in [9.17, 15) is 18.3 Å². The molecule has 0 spiro atoms. The highest BCUT2D eigenvalue weighted by molar-refractivity contribution is 7.89. The maximum atomic E-state index is 12.7. The molecule has 1 aromatic carbocycles. The Labute approximate surface area is 156 Å². The fraction of sp³-hybridized carbons (Fsp3) is 0.526. The summed E-state index contributed by atoms with van der Waals surface area (Å²) in [6, 6.07) is 6.57.